The summed E-state index contributed by atoms with van der Waals surface area (Å²) in [6, 6.07) is 6.59. The van der Waals surface area contributed by atoms with Crippen LogP contribution in [0.25, 0.3) is 0 Å². The van der Waals surface area contributed by atoms with Gasteiger partial charge in [0.2, 0.25) is 0 Å². The summed E-state index contributed by atoms with van der Waals surface area (Å²) in [6.45, 7) is -0.631. The largest absolute Gasteiger partial charge is 0.411 e. The minimum Gasteiger partial charge on any atom is -0.411 e. The molecule has 0 aromatic heterocycles. The Balaban J connectivity index is 3.20. The Morgan fingerprint density at radius 1 is 1.41 bits per heavy atom. The van der Waals surface area contributed by atoms with Crippen LogP contribution >= 0.6 is 15.9 Å². The summed E-state index contributed by atoms with van der Waals surface area (Å²) in [5.74, 6) is 0. The summed E-state index contributed by atoms with van der Waals surface area (Å²) in [6.07, 6.45) is 0.984. The highest BCUT2D eigenvalue weighted by Crippen LogP contribution is 2.15. The number of aliphatic hydroxyl groups is 1. The number of halogens is 1. The molecule has 1 aromatic carbocycles. The van der Waals surface area contributed by atoms with Gasteiger partial charge in [0, 0.05) is 16.3 Å². The average Bonchev–Trinajstić information content (AvgIpc) is 2.25. The van der Waals surface area contributed by atoms with Crippen molar-refractivity contribution in [1.82, 2.24) is 0 Å². The Morgan fingerprint density at radius 3 is 2.29 bits per heavy atom. The molecular formula is C10H12BrNO4S. The summed E-state index contributed by atoms with van der Waals surface area (Å²) < 4.78 is 23.7. The van der Waals surface area contributed by atoms with Crippen molar-refractivity contribution in [3.05, 3.63) is 34.3 Å². The van der Waals surface area contributed by atoms with E-state index in [0.29, 0.717) is 5.56 Å². The first-order valence-electron chi connectivity index (χ1n) is 4.67. The molecule has 0 aliphatic carbocycles. The van der Waals surface area contributed by atoms with Gasteiger partial charge in [-0.1, -0.05) is 33.2 Å². The first kappa shape index (κ1) is 14.1. The topological polar surface area (TPSA) is 87.0 Å². The molecule has 0 aliphatic rings. The quantitative estimate of drug-likeness (QED) is 0.492. The molecule has 94 valence electrons. The molecule has 2 N–H and O–H groups in total. The number of oxime groups is 1. The van der Waals surface area contributed by atoms with E-state index >= 15 is 0 Å². The number of aliphatic hydroxyl groups excluding tert-OH is 1. The molecule has 0 bridgehead atoms. The lowest BCUT2D eigenvalue weighted by Crippen LogP contribution is -2.33. The van der Waals surface area contributed by atoms with E-state index in [4.69, 9.17) is 10.3 Å². The minimum atomic E-state index is -3.54. The summed E-state index contributed by atoms with van der Waals surface area (Å²) in [4.78, 5) is 0. The number of hydrogen-bond acceptors (Lipinski definition) is 5. The number of hydrogen-bond donors (Lipinski definition) is 2. The van der Waals surface area contributed by atoms with Crippen molar-refractivity contribution in [3.63, 3.8) is 0 Å². The van der Waals surface area contributed by atoms with Gasteiger partial charge in [-0.15, -0.1) is 0 Å². The van der Waals surface area contributed by atoms with Crippen LogP contribution in [0.1, 0.15) is 5.56 Å². The van der Waals surface area contributed by atoms with Crippen LogP contribution in [-0.4, -0.2) is 42.6 Å². The van der Waals surface area contributed by atoms with Gasteiger partial charge in [-0.3, -0.25) is 0 Å². The number of benzene rings is 1. The maximum absolute atomic E-state index is 11.4. The van der Waals surface area contributed by atoms with Gasteiger partial charge < -0.3 is 10.3 Å². The molecule has 5 nitrogen and oxygen atoms in total. The fourth-order valence-electron chi connectivity index (χ4n) is 1.35. The van der Waals surface area contributed by atoms with Gasteiger partial charge in [0.05, 0.1) is 6.61 Å². The zero-order chi connectivity index (χ0) is 13.1. The van der Waals surface area contributed by atoms with Crippen LogP contribution in [0.2, 0.25) is 0 Å². The molecule has 7 heteroatoms. The molecule has 0 fully saturated rings. The highest BCUT2D eigenvalue weighted by molar-refractivity contribution is 9.10. The Labute approximate surface area is 108 Å². The molecule has 0 amide bonds. The Kier molecular flexibility index (Phi) is 4.67. The van der Waals surface area contributed by atoms with Crippen molar-refractivity contribution >= 4 is 31.5 Å². The average molecular weight is 322 g/mol. The third kappa shape index (κ3) is 3.52. The molecule has 0 radical (unpaired) electrons. The number of sulfone groups is 1. The third-order valence-corrected chi connectivity index (χ3v) is 4.17. The van der Waals surface area contributed by atoms with Crippen molar-refractivity contribution in [2.75, 3.05) is 12.9 Å². The maximum Gasteiger partial charge on any atom is 0.158 e. The standard InChI is InChI=1S/C10H12BrNO4S/c1-17(15,16)9(6-13)10(12-14)7-2-4-8(11)5-3-7/h2-5,9,13-14H,6H2,1H3/b12-10-/t9-/m1/s1. The SMILES string of the molecule is CS(=O)(=O)[C@H](CO)/C(=N\O)c1ccc(Br)cc1. The molecule has 1 rings (SSSR count). The van der Waals surface area contributed by atoms with Crippen LogP contribution in [0.15, 0.2) is 33.9 Å². The lowest BCUT2D eigenvalue weighted by molar-refractivity contribution is 0.296. The van der Waals surface area contributed by atoms with Crippen LogP contribution in [0.4, 0.5) is 0 Å². The van der Waals surface area contributed by atoms with E-state index in [0.717, 1.165) is 10.7 Å². The minimum absolute atomic E-state index is 0.0671. The van der Waals surface area contributed by atoms with Crippen molar-refractivity contribution < 1.29 is 18.7 Å². The lowest BCUT2D eigenvalue weighted by atomic mass is 10.1. The smallest absolute Gasteiger partial charge is 0.158 e. The fourth-order valence-corrected chi connectivity index (χ4v) is 2.48. The van der Waals surface area contributed by atoms with E-state index in [-0.39, 0.29) is 5.71 Å². The van der Waals surface area contributed by atoms with Gasteiger partial charge in [0.15, 0.2) is 9.84 Å². The zero-order valence-corrected chi connectivity index (χ0v) is 11.4. The molecule has 1 atom stereocenters. The molecule has 0 unspecified atom stereocenters. The Bertz CT molecular complexity index is 510. The number of rotatable bonds is 4. The third-order valence-electron chi connectivity index (χ3n) is 2.24. The van der Waals surface area contributed by atoms with E-state index < -0.39 is 21.7 Å². The van der Waals surface area contributed by atoms with Crippen molar-refractivity contribution in [1.29, 1.82) is 0 Å². The first-order valence-corrected chi connectivity index (χ1v) is 7.42. The summed E-state index contributed by atoms with van der Waals surface area (Å²) >= 11 is 3.24. The molecule has 0 aliphatic heterocycles. The van der Waals surface area contributed by atoms with Gasteiger partial charge in [-0.05, 0) is 12.1 Å². The highest BCUT2D eigenvalue weighted by Gasteiger charge is 2.27. The van der Waals surface area contributed by atoms with Crippen LogP contribution < -0.4 is 0 Å². The molecule has 1 aromatic rings. The van der Waals surface area contributed by atoms with Gasteiger partial charge in [-0.25, -0.2) is 8.42 Å². The maximum atomic E-state index is 11.4. The zero-order valence-electron chi connectivity index (χ0n) is 9.04. The monoisotopic (exact) mass is 321 g/mol. The Hall–Kier alpha value is -0.920. The van der Waals surface area contributed by atoms with Crippen LogP contribution in [0, 0.1) is 0 Å². The highest BCUT2D eigenvalue weighted by atomic mass is 79.9. The second-order valence-corrected chi connectivity index (χ2v) is 6.64. The molecule has 0 saturated heterocycles. The summed E-state index contributed by atoms with van der Waals surface area (Å²) in [5, 5.41) is 19.8. The predicted molar refractivity (Wildman–Crippen MR) is 68.2 cm³/mol. The number of nitrogens with zero attached hydrogens (tertiary/aromatic N) is 1. The Morgan fingerprint density at radius 2 is 1.94 bits per heavy atom. The summed E-state index contributed by atoms with van der Waals surface area (Å²) in [5.41, 5.74) is 0.377. The van der Waals surface area contributed by atoms with Gasteiger partial charge in [0.25, 0.3) is 0 Å². The second kappa shape index (κ2) is 5.61. The van der Waals surface area contributed by atoms with Crippen LogP contribution in [0.3, 0.4) is 0 Å². The normalized spacial score (nSPS) is 14.6. The van der Waals surface area contributed by atoms with E-state index in [2.05, 4.69) is 21.1 Å². The van der Waals surface area contributed by atoms with E-state index in [1.807, 2.05) is 0 Å². The molecule has 0 saturated carbocycles. The predicted octanol–water partition coefficient (Wildman–Crippen LogP) is 1.03. The molecular weight excluding hydrogens is 310 g/mol. The van der Waals surface area contributed by atoms with E-state index in [1.54, 1.807) is 24.3 Å². The van der Waals surface area contributed by atoms with Crippen molar-refractivity contribution in [2.45, 2.75) is 5.25 Å². The van der Waals surface area contributed by atoms with Gasteiger partial charge in [0.1, 0.15) is 11.0 Å². The molecule has 17 heavy (non-hydrogen) atoms. The lowest BCUT2D eigenvalue weighted by Gasteiger charge is -2.13. The molecule has 0 heterocycles. The summed E-state index contributed by atoms with van der Waals surface area (Å²) in [7, 11) is -3.54. The van der Waals surface area contributed by atoms with Crippen molar-refractivity contribution in [2.24, 2.45) is 5.16 Å². The fraction of sp³-hybridized carbons (Fsp3) is 0.300. The van der Waals surface area contributed by atoms with Gasteiger partial charge in [-0.2, -0.15) is 0 Å². The molecule has 0 spiro atoms. The van der Waals surface area contributed by atoms with Crippen LogP contribution in [0.5, 0.6) is 0 Å². The first-order chi connectivity index (χ1) is 7.90. The van der Waals surface area contributed by atoms with E-state index in [9.17, 15) is 8.42 Å². The van der Waals surface area contributed by atoms with Gasteiger partial charge >= 0.3 is 0 Å². The van der Waals surface area contributed by atoms with Crippen molar-refractivity contribution in [3.8, 4) is 0 Å². The second-order valence-electron chi connectivity index (χ2n) is 3.49. The van der Waals surface area contributed by atoms with E-state index in [1.165, 1.54) is 0 Å². The van der Waals surface area contributed by atoms with Crippen LogP contribution in [-0.2, 0) is 9.84 Å².